The average Bonchev–Trinajstić information content (AvgIpc) is 2.56. The first kappa shape index (κ1) is 19.8. The van der Waals surface area contributed by atoms with Crippen molar-refractivity contribution in [2.45, 2.75) is 13.8 Å². The number of nitrogens with one attached hydrogen (secondary N) is 1. The molecule has 0 spiro atoms. The molecule has 22 heavy (non-hydrogen) atoms. The molecule has 0 unspecified atom stereocenters. The topological polar surface area (TPSA) is 46.6 Å². The van der Waals surface area contributed by atoms with Crippen LogP contribution >= 0.6 is 11.6 Å². The predicted octanol–water partition coefficient (Wildman–Crippen LogP) is 2.41. The van der Waals surface area contributed by atoms with Gasteiger partial charge in [-0.15, -0.1) is 0 Å². The van der Waals surface area contributed by atoms with Crippen molar-refractivity contribution in [2.75, 3.05) is 19.1 Å². The number of hydrogen-bond acceptors (Lipinski definition) is 3. The molecule has 1 aromatic rings. The van der Waals surface area contributed by atoms with Crippen LogP contribution in [0, 0.1) is 0 Å². The van der Waals surface area contributed by atoms with E-state index in [-0.39, 0.29) is 0 Å². The minimum atomic E-state index is -0.470. The number of hydrazone groups is 1. The van der Waals surface area contributed by atoms with E-state index in [4.69, 9.17) is 11.6 Å². The largest absolute Gasteiger partial charge is 0.276 e. The van der Waals surface area contributed by atoms with Gasteiger partial charge in [0.15, 0.2) is 6.21 Å². The van der Waals surface area contributed by atoms with Crippen molar-refractivity contribution in [1.82, 2.24) is 0 Å². The molecule has 0 aliphatic carbocycles. The Balaban J connectivity index is 0.00000211. The van der Waals surface area contributed by atoms with Crippen LogP contribution in [0.25, 0.3) is 0 Å². The van der Waals surface area contributed by atoms with Gasteiger partial charge in [0.1, 0.15) is 7.05 Å². The molecule has 0 amide bonds. The molecule has 0 atom stereocenters. The number of rotatable bonds is 6. The molecule has 0 bridgehead atoms. The van der Waals surface area contributed by atoms with Gasteiger partial charge in [-0.2, -0.15) is 5.10 Å². The lowest BCUT2D eigenvalue weighted by Gasteiger charge is -2.12. The van der Waals surface area contributed by atoms with Crippen molar-refractivity contribution in [2.24, 2.45) is 5.10 Å². The highest BCUT2D eigenvalue weighted by Crippen LogP contribution is 2.15. The number of anilines is 1. The van der Waals surface area contributed by atoms with Crippen molar-refractivity contribution in [3.8, 4) is 0 Å². The van der Waals surface area contributed by atoms with E-state index in [1.54, 1.807) is 47.8 Å². The summed E-state index contributed by atoms with van der Waals surface area (Å²) in [6.07, 6.45) is 7.06. The zero-order chi connectivity index (χ0) is 17.0. The maximum absolute atomic E-state index is 11.0. The number of benzene rings is 1. The predicted molar refractivity (Wildman–Crippen MR) is 96.1 cm³/mol. The highest BCUT2D eigenvalue weighted by atomic mass is 35.5. The van der Waals surface area contributed by atoms with Gasteiger partial charge in [-0.05, 0) is 41.4 Å². The number of carbonyl (C=O) groups excluding carboxylic acids is 1. The Hall–Kier alpha value is -2.20. The number of allylic oxidation sites excluding steroid dienone is 3. The zero-order valence-electron chi connectivity index (χ0n) is 13.5. The number of nitrogens with zero attached hydrogens (tertiary/aromatic N) is 2. The smallest absolute Gasteiger partial charge is 0.252 e. The lowest BCUT2D eigenvalue weighted by atomic mass is 10.2. The minimum absolute atomic E-state index is 0.461. The van der Waals surface area contributed by atoms with Crippen molar-refractivity contribution in [3.05, 3.63) is 54.1 Å². The SMILES string of the molecule is C=CC(/C=N/N(C)c1ccc(C(=O)Cl)cc1)=C\C=[NH+]C.CC. The Morgan fingerprint density at radius 3 is 2.36 bits per heavy atom. The first-order valence-corrected chi connectivity index (χ1v) is 7.37. The van der Waals surface area contributed by atoms with Crippen LogP contribution < -0.4 is 10.0 Å². The van der Waals surface area contributed by atoms with Gasteiger partial charge in [-0.3, -0.25) is 14.8 Å². The fourth-order valence-electron chi connectivity index (χ4n) is 1.37. The summed E-state index contributed by atoms with van der Waals surface area (Å²) < 4.78 is 0. The van der Waals surface area contributed by atoms with Crippen LogP contribution in [0.5, 0.6) is 0 Å². The molecule has 5 heteroatoms. The van der Waals surface area contributed by atoms with Crippen LogP contribution in [0.4, 0.5) is 5.69 Å². The molecule has 0 saturated carbocycles. The Bertz CT molecular complexity index is 560. The molecule has 1 aromatic carbocycles. The molecular weight excluding hydrogens is 298 g/mol. The minimum Gasteiger partial charge on any atom is -0.276 e. The first-order valence-electron chi connectivity index (χ1n) is 6.99. The van der Waals surface area contributed by atoms with Gasteiger partial charge in [0.25, 0.3) is 5.24 Å². The summed E-state index contributed by atoms with van der Waals surface area (Å²) >= 11 is 5.40. The molecule has 0 heterocycles. The average molecular weight is 321 g/mol. The maximum Gasteiger partial charge on any atom is 0.252 e. The monoisotopic (exact) mass is 320 g/mol. The molecule has 0 radical (unpaired) electrons. The van der Waals surface area contributed by atoms with Crippen LogP contribution in [-0.2, 0) is 0 Å². The molecule has 0 fully saturated rings. The molecule has 0 aliphatic heterocycles. The van der Waals surface area contributed by atoms with Crippen molar-refractivity contribution < 1.29 is 9.79 Å². The molecule has 0 aromatic heterocycles. The second kappa shape index (κ2) is 11.5. The molecule has 118 valence electrons. The number of hydrogen-bond donors (Lipinski definition) is 1. The van der Waals surface area contributed by atoms with Gasteiger partial charge in [-0.25, -0.2) is 0 Å². The number of halogens is 1. The van der Waals surface area contributed by atoms with Gasteiger partial charge in [-0.1, -0.05) is 26.5 Å². The lowest BCUT2D eigenvalue weighted by molar-refractivity contribution is -0.413. The van der Waals surface area contributed by atoms with Crippen LogP contribution in [0.15, 0.2) is 53.7 Å². The summed E-state index contributed by atoms with van der Waals surface area (Å²) in [6.45, 7) is 7.72. The Morgan fingerprint density at radius 1 is 1.32 bits per heavy atom. The van der Waals surface area contributed by atoms with Gasteiger partial charge in [0.05, 0.1) is 11.9 Å². The van der Waals surface area contributed by atoms with E-state index in [0.29, 0.717) is 5.56 Å². The highest BCUT2D eigenvalue weighted by molar-refractivity contribution is 6.67. The maximum atomic E-state index is 11.0. The third-order valence-corrected chi connectivity index (χ3v) is 2.74. The van der Waals surface area contributed by atoms with E-state index < -0.39 is 5.24 Å². The standard InChI is InChI=1S/C15H16ClN3O.C2H6/c1-4-12(9-10-17-2)11-18-19(3)14-7-5-13(6-8-14)15(16)20;1-2/h4-11H,1H2,2-3H3;1-2H3/p+1/b12-9+,17-10?,18-11+;. The van der Waals surface area contributed by atoms with E-state index >= 15 is 0 Å². The molecule has 4 nitrogen and oxygen atoms in total. The van der Waals surface area contributed by atoms with Crippen LogP contribution in [0.3, 0.4) is 0 Å². The Morgan fingerprint density at radius 2 is 1.91 bits per heavy atom. The quantitative estimate of drug-likeness (QED) is 0.379. The molecular formula is C17H23ClN3O+. The van der Waals surface area contributed by atoms with Gasteiger partial charge in [0.2, 0.25) is 0 Å². The Kier molecular flexibility index (Phi) is 10.3. The van der Waals surface area contributed by atoms with Crippen LogP contribution in [0.1, 0.15) is 24.2 Å². The van der Waals surface area contributed by atoms with Crippen molar-refractivity contribution >= 4 is 35.0 Å². The number of carbonyl (C=O) groups is 1. The van der Waals surface area contributed by atoms with Gasteiger partial charge >= 0.3 is 0 Å². The second-order valence-electron chi connectivity index (χ2n) is 3.91. The summed E-state index contributed by atoms with van der Waals surface area (Å²) in [5.41, 5.74) is 2.19. The Labute approximate surface area is 137 Å². The molecule has 0 saturated heterocycles. The van der Waals surface area contributed by atoms with Gasteiger partial charge < -0.3 is 0 Å². The molecule has 1 N–H and O–H groups in total. The lowest BCUT2D eigenvalue weighted by Crippen LogP contribution is -2.62. The third kappa shape index (κ3) is 6.99. The van der Waals surface area contributed by atoms with E-state index in [9.17, 15) is 4.79 Å². The fraction of sp³-hybridized carbons (Fsp3) is 0.235. The molecule has 1 rings (SSSR count). The van der Waals surface area contributed by atoms with Crippen LogP contribution in [-0.4, -0.2) is 31.8 Å². The normalized spacial score (nSPS) is 11.2. The zero-order valence-corrected chi connectivity index (χ0v) is 14.3. The summed E-state index contributed by atoms with van der Waals surface area (Å²) in [5.74, 6) is 0. The summed E-state index contributed by atoms with van der Waals surface area (Å²) in [6, 6.07) is 6.89. The first-order chi connectivity index (χ1) is 10.6. The van der Waals surface area contributed by atoms with E-state index in [0.717, 1.165) is 11.3 Å². The van der Waals surface area contributed by atoms with Crippen molar-refractivity contribution in [3.63, 3.8) is 0 Å². The summed E-state index contributed by atoms with van der Waals surface area (Å²) in [4.78, 5) is 13.9. The van der Waals surface area contributed by atoms with Crippen LogP contribution in [0.2, 0.25) is 0 Å². The van der Waals surface area contributed by atoms with E-state index in [1.165, 1.54) is 0 Å². The fourth-order valence-corrected chi connectivity index (χ4v) is 1.50. The van der Waals surface area contributed by atoms with Gasteiger partial charge in [0, 0.05) is 18.7 Å². The second-order valence-corrected chi connectivity index (χ2v) is 4.26. The van der Waals surface area contributed by atoms with E-state index in [1.807, 2.05) is 34.0 Å². The third-order valence-electron chi connectivity index (χ3n) is 2.53. The van der Waals surface area contributed by atoms with E-state index in [2.05, 4.69) is 16.7 Å². The molecule has 0 aliphatic rings. The summed E-state index contributed by atoms with van der Waals surface area (Å²) in [7, 11) is 3.64. The summed E-state index contributed by atoms with van der Waals surface area (Å²) in [5, 5.41) is 5.52. The van der Waals surface area contributed by atoms with Crippen molar-refractivity contribution in [1.29, 1.82) is 0 Å². The highest BCUT2D eigenvalue weighted by Gasteiger charge is 2.02.